The van der Waals surface area contributed by atoms with E-state index in [2.05, 4.69) is 22.5 Å². The van der Waals surface area contributed by atoms with Crippen molar-refractivity contribution in [1.29, 1.82) is 0 Å². The minimum absolute atomic E-state index is 0. The minimum Gasteiger partial charge on any atom is -0.504 e. The molecule has 0 aromatic heterocycles. The average Bonchev–Trinajstić information content (AvgIpc) is 2.45. The Morgan fingerprint density at radius 3 is 2.62 bits per heavy atom. The second kappa shape index (κ2) is 11.5. The number of ether oxygens (including phenoxy) is 1. The van der Waals surface area contributed by atoms with E-state index in [0.717, 1.165) is 37.5 Å². The van der Waals surface area contributed by atoms with Crippen LogP contribution in [-0.2, 0) is 6.54 Å². The van der Waals surface area contributed by atoms with Gasteiger partial charge in [0.25, 0.3) is 0 Å². The van der Waals surface area contributed by atoms with Crippen molar-refractivity contribution in [3.63, 3.8) is 0 Å². The molecule has 0 saturated carbocycles. The number of aromatic hydroxyl groups is 1. The molecule has 0 saturated heterocycles. The van der Waals surface area contributed by atoms with Gasteiger partial charge in [0.2, 0.25) is 0 Å². The number of aliphatic imine (C=N–C) groups is 1. The number of nitrogens with one attached hydrogen (secondary N) is 2. The highest BCUT2D eigenvalue weighted by molar-refractivity contribution is 14.0. The summed E-state index contributed by atoms with van der Waals surface area (Å²) in [5, 5.41) is 16.2. The molecule has 0 bridgehead atoms. The van der Waals surface area contributed by atoms with Crippen molar-refractivity contribution in [2.45, 2.75) is 33.2 Å². The highest BCUT2D eigenvalue weighted by Crippen LogP contribution is 2.26. The van der Waals surface area contributed by atoms with Gasteiger partial charge in [-0.25, -0.2) is 4.99 Å². The van der Waals surface area contributed by atoms with Crippen LogP contribution in [0.2, 0.25) is 0 Å². The first-order valence-electron chi connectivity index (χ1n) is 7.09. The molecule has 5 nitrogen and oxygen atoms in total. The largest absolute Gasteiger partial charge is 0.504 e. The molecule has 0 aliphatic heterocycles. The fourth-order valence-corrected chi connectivity index (χ4v) is 1.73. The molecule has 0 heterocycles. The lowest BCUT2D eigenvalue weighted by molar-refractivity contribution is 0.373. The lowest BCUT2D eigenvalue weighted by atomic mass is 10.2. The standard InChI is InChI=1S/C15H25N3O2.HI/c1-4-6-9-17-15(16-5-2)18-11-12-7-8-14(20-3)13(19)10-12;/h7-8,10,19H,4-6,9,11H2,1-3H3,(H2,16,17,18);1H. The van der Waals surface area contributed by atoms with Crippen molar-refractivity contribution in [3.05, 3.63) is 23.8 Å². The second-order valence-corrected chi connectivity index (χ2v) is 4.48. The second-order valence-electron chi connectivity index (χ2n) is 4.48. The summed E-state index contributed by atoms with van der Waals surface area (Å²) < 4.78 is 5.02. The number of benzene rings is 1. The van der Waals surface area contributed by atoms with E-state index in [-0.39, 0.29) is 29.7 Å². The maximum absolute atomic E-state index is 9.73. The molecule has 1 aromatic rings. The van der Waals surface area contributed by atoms with E-state index >= 15 is 0 Å². The first kappa shape index (κ1) is 19.8. The van der Waals surface area contributed by atoms with Gasteiger partial charge >= 0.3 is 0 Å². The summed E-state index contributed by atoms with van der Waals surface area (Å²) >= 11 is 0. The normalized spacial score (nSPS) is 10.7. The van der Waals surface area contributed by atoms with Crippen LogP contribution in [0.3, 0.4) is 0 Å². The van der Waals surface area contributed by atoms with Crippen molar-refractivity contribution in [1.82, 2.24) is 10.6 Å². The summed E-state index contributed by atoms with van der Waals surface area (Å²) in [6, 6.07) is 5.33. The highest BCUT2D eigenvalue weighted by Gasteiger charge is 2.02. The van der Waals surface area contributed by atoms with E-state index in [1.54, 1.807) is 12.1 Å². The van der Waals surface area contributed by atoms with Gasteiger partial charge in [0.15, 0.2) is 17.5 Å². The van der Waals surface area contributed by atoms with E-state index in [1.165, 1.54) is 7.11 Å². The smallest absolute Gasteiger partial charge is 0.191 e. The third-order valence-corrected chi connectivity index (χ3v) is 2.83. The molecule has 6 heteroatoms. The van der Waals surface area contributed by atoms with Gasteiger partial charge in [0, 0.05) is 13.1 Å². The number of guanidine groups is 1. The van der Waals surface area contributed by atoms with Crippen LogP contribution in [-0.4, -0.2) is 31.3 Å². The van der Waals surface area contributed by atoms with Crippen LogP contribution >= 0.6 is 24.0 Å². The Labute approximate surface area is 144 Å². The molecule has 0 aliphatic rings. The van der Waals surface area contributed by atoms with E-state index in [4.69, 9.17) is 4.74 Å². The van der Waals surface area contributed by atoms with Gasteiger partial charge in [-0.2, -0.15) is 0 Å². The monoisotopic (exact) mass is 407 g/mol. The Balaban J connectivity index is 0.00000400. The number of methoxy groups -OCH3 is 1. The molecule has 0 fully saturated rings. The lowest BCUT2D eigenvalue weighted by Crippen LogP contribution is -2.37. The number of phenolic OH excluding ortho intramolecular Hbond substituents is 1. The predicted octanol–water partition coefficient (Wildman–Crippen LogP) is 2.87. The predicted molar refractivity (Wildman–Crippen MR) is 97.8 cm³/mol. The van der Waals surface area contributed by atoms with E-state index < -0.39 is 0 Å². The van der Waals surface area contributed by atoms with Gasteiger partial charge in [-0.15, -0.1) is 24.0 Å². The Kier molecular flexibility index (Phi) is 10.8. The number of rotatable bonds is 7. The first-order chi connectivity index (χ1) is 9.71. The molecule has 1 rings (SSSR count). The van der Waals surface area contributed by atoms with Crippen molar-refractivity contribution >= 4 is 29.9 Å². The van der Waals surface area contributed by atoms with Crippen molar-refractivity contribution in [3.8, 4) is 11.5 Å². The molecule has 1 aromatic carbocycles. The number of nitrogens with zero attached hydrogens (tertiary/aromatic N) is 1. The summed E-state index contributed by atoms with van der Waals surface area (Å²) in [7, 11) is 1.54. The van der Waals surface area contributed by atoms with Crippen LogP contribution in [0.25, 0.3) is 0 Å². The first-order valence-corrected chi connectivity index (χ1v) is 7.09. The Bertz CT molecular complexity index is 439. The van der Waals surface area contributed by atoms with Crippen molar-refractivity contribution in [2.24, 2.45) is 4.99 Å². The number of unbranched alkanes of at least 4 members (excludes halogenated alkanes) is 1. The Morgan fingerprint density at radius 2 is 2.05 bits per heavy atom. The molecule has 0 radical (unpaired) electrons. The third-order valence-electron chi connectivity index (χ3n) is 2.83. The topological polar surface area (TPSA) is 65.9 Å². The van der Waals surface area contributed by atoms with Gasteiger partial charge in [0.05, 0.1) is 13.7 Å². The summed E-state index contributed by atoms with van der Waals surface area (Å²) in [6.07, 6.45) is 2.27. The molecule has 0 aliphatic carbocycles. The zero-order valence-electron chi connectivity index (χ0n) is 13.0. The molecule has 3 N–H and O–H groups in total. The fourth-order valence-electron chi connectivity index (χ4n) is 1.73. The van der Waals surface area contributed by atoms with Crippen LogP contribution in [0.15, 0.2) is 23.2 Å². The van der Waals surface area contributed by atoms with Crippen LogP contribution < -0.4 is 15.4 Å². The number of halogens is 1. The van der Waals surface area contributed by atoms with E-state index in [1.807, 2.05) is 13.0 Å². The maximum Gasteiger partial charge on any atom is 0.191 e. The van der Waals surface area contributed by atoms with Gasteiger partial charge in [0.1, 0.15) is 0 Å². The van der Waals surface area contributed by atoms with Gasteiger partial charge in [-0.3, -0.25) is 0 Å². The zero-order valence-corrected chi connectivity index (χ0v) is 15.3. The van der Waals surface area contributed by atoms with Crippen molar-refractivity contribution < 1.29 is 9.84 Å². The summed E-state index contributed by atoms with van der Waals surface area (Å²) in [5.74, 6) is 1.42. The van der Waals surface area contributed by atoms with E-state index in [9.17, 15) is 5.11 Å². The molecule has 0 unspecified atom stereocenters. The molecule has 120 valence electrons. The Morgan fingerprint density at radius 1 is 1.29 bits per heavy atom. The SMILES string of the molecule is CCCCNC(=NCc1ccc(OC)c(O)c1)NCC.I. The summed E-state index contributed by atoms with van der Waals surface area (Å²) in [6.45, 7) is 6.45. The number of hydrogen-bond acceptors (Lipinski definition) is 3. The zero-order chi connectivity index (χ0) is 14.8. The van der Waals surface area contributed by atoms with Gasteiger partial charge in [-0.1, -0.05) is 19.4 Å². The molecule has 0 amide bonds. The van der Waals surface area contributed by atoms with Gasteiger partial charge in [-0.05, 0) is 31.0 Å². The van der Waals surface area contributed by atoms with Crippen LogP contribution in [0.1, 0.15) is 32.3 Å². The minimum atomic E-state index is 0. The fraction of sp³-hybridized carbons (Fsp3) is 0.533. The van der Waals surface area contributed by atoms with Crippen LogP contribution in [0.5, 0.6) is 11.5 Å². The quantitative estimate of drug-likeness (QED) is 0.282. The van der Waals surface area contributed by atoms with Crippen LogP contribution in [0.4, 0.5) is 0 Å². The number of phenols is 1. The number of hydrogen-bond donors (Lipinski definition) is 3. The average molecular weight is 407 g/mol. The highest BCUT2D eigenvalue weighted by atomic mass is 127. The van der Waals surface area contributed by atoms with Crippen LogP contribution in [0, 0.1) is 0 Å². The summed E-state index contributed by atoms with van der Waals surface area (Å²) in [4.78, 5) is 4.49. The Hall–Kier alpha value is -1.18. The molecule has 0 atom stereocenters. The molecule has 21 heavy (non-hydrogen) atoms. The molecule has 0 spiro atoms. The molecular weight excluding hydrogens is 381 g/mol. The molecular formula is C15H26IN3O2. The summed E-state index contributed by atoms with van der Waals surface area (Å²) in [5.41, 5.74) is 0.941. The van der Waals surface area contributed by atoms with Gasteiger partial charge < -0.3 is 20.5 Å². The van der Waals surface area contributed by atoms with Crippen molar-refractivity contribution in [2.75, 3.05) is 20.2 Å². The van der Waals surface area contributed by atoms with E-state index in [0.29, 0.717) is 12.3 Å². The third kappa shape index (κ3) is 7.40. The lowest BCUT2D eigenvalue weighted by Gasteiger charge is -2.11. The maximum atomic E-state index is 9.73.